The summed E-state index contributed by atoms with van der Waals surface area (Å²) >= 11 is 0. The van der Waals surface area contributed by atoms with E-state index in [0.29, 0.717) is 6.04 Å². The van der Waals surface area contributed by atoms with Crippen LogP contribution >= 0.6 is 0 Å². The van der Waals surface area contributed by atoms with Crippen molar-refractivity contribution in [2.45, 2.75) is 77.7 Å². The maximum atomic E-state index is 5.49. The zero-order valence-electron chi connectivity index (χ0n) is 12.3. The van der Waals surface area contributed by atoms with Crippen LogP contribution in [-0.2, 0) is 4.74 Å². The molecule has 0 aromatic rings. The molecule has 0 saturated carbocycles. The highest BCUT2D eigenvalue weighted by Crippen LogP contribution is 2.20. The Labute approximate surface area is 113 Å². The van der Waals surface area contributed by atoms with E-state index < -0.39 is 0 Å². The van der Waals surface area contributed by atoms with Crippen LogP contribution in [0, 0.1) is 0 Å². The van der Waals surface area contributed by atoms with Gasteiger partial charge in [0.25, 0.3) is 0 Å². The molecular weight excluding hydrogens is 222 g/mol. The summed E-state index contributed by atoms with van der Waals surface area (Å²) in [7, 11) is 0. The molecule has 0 radical (unpaired) electrons. The van der Waals surface area contributed by atoms with E-state index in [2.05, 4.69) is 19.2 Å². The molecule has 1 unspecified atom stereocenters. The Bertz CT molecular complexity index is 225. The average molecular weight is 253 g/mol. The van der Waals surface area contributed by atoms with Crippen molar-refractivity contribution >= 4 is 0 Å². The molecule has 0 aliphatic carbocycles. The van der Waals surface area contributed by atoms with Crippen molar-refractivity contribution in [2.75, 3.05) is 13.2 Å². The van der Waals surface area contributed by atoms with Crippen LogP contribution in [0.5, 0.6) is 0 Å². The van der Waals surface area contributed by atoms with E-state index in [9.17, 15) is 0 Å². The molecular formula is C16H31NO. The van der Waals surface area contributed by atoms with Gasteiger partial charge in [0.2, 0.25) is 0 Å². The van der Waals surface area contributed by atoms with Crippen molar-refractivity contribution in [1.29, 1.82) is 0 Å². The lowest BCUT2D eigenvalue weighted by molar-refractivity contribution is 0.218. The van der Waals surface area contributed by atoms with Gasteiger partial charge in [-0.1, -0.05) is 46.0 Å². The third kappa shape index (κ3) is 6.44. The van der Waals surface area contributed by atoms with Crippen molar-refractivity contribution in [3.05, 3.63) is 11.8 Å². The third-order valence-corrected chi connectivity index (χ3v) is 3.65. The van der Waals surface area contributed by atoms with Gasteiger partial charge in [-0.05, 0) is 37.8 Å². The van der Waals surface area contributed by atoms with Crippen LogP contribution < -0.4 is 5.32 Å². The number of rotatable bonds is 10. The van der Waals surface area contributed by atoms with Gasteiger partial charge in [-0.3, -0.25) is 0 Å². The molecule has 0 saturated heterocycles. The highest BCUT2D eigenvalue weighted by atomic mass is 16.5. The predicted molar refractivity (Wildman–Crippen MR) is 78.7 cm³/mol. The molecule has 0 amide bonds. The summed E-state index contributed by atoms with van der Waals surface area (Å²) < 4.78 is 5.49. The van der Waals surface area contributed by atoms with E-state index in [1.807, 2.05) is 6.26 Å². The molecule has 1 rings (SSSR count). The normalized spacial score (nSPS) is 17.1. The Morgan fingerprint density at radius 2 is 2.00 bits per heavy atom. The summed E-state index contributed by atoms with van der Waals surface area (Å²) in [5, 5.41) is 3.68. The predicted octanol–water partition coefficient (Wildman–Crippen LogP) is 4.41. The lowest BCUT2D eigenvalue weighted by Gasteiger charge is -2.24. The van der Waals surface area contributed by atoms with Gasteiger partial charge >= 0.3 is 0 Å². The molecule has 0 fully saturated rings. The van der Waals surface area contributed by atoms with Crippen molar-refractivity contribution in [2.24, 2.45) is 0 Å². The van der Waals surface area contributed by atoms with Crippen LogP contribution in [0.25, 0.3) is 0 Å². The van der Waals surface area contributed by atoms with Gasteiger partial charge in [-0.15, -0.1) is 0 Å². The van der Waals surface area contributed by atoms with E-state index in [4.69, 9.17) is 4.74 Å². The van der Waals surface area contributed by atoms with E-state index in [1.54, 1.807) is 0 Å². The molecule has 18 heavy (non-hydrogen) atoms. The Morgan fingerprint density at radius 3 is 2.67 bits per heavy atom. The van der Waals surface area contributed by atoms with E-state index in [0.717, 1.165) is 13.2 Å². The highest BCUT2D eigenvalue weighted by molar-refractivity contribution is 5.09. The van der Waals surface area contributed by atoms with Gasteiger partial charge in [0, 0.05) is 6.04 Å². The van der Waals surface area contributed by atoms with E-state index >= 15 is 0 Å². The molecule has 0 aromatic heterocycles. The van der Waals surface area contributed by atoms with Gasteiger partial charge in [-0.2, -0.15) is 0 Å². The van der Waals surface area contributed by atoms with E-state index in [-0.39, 0.29) is 0 Å². The second-order valence-electron chi connectivity index (χ2n) is 5.38. The molecule has 1 aliphatic rings. The summed E-state index contributed by atoms with van der Waals surface area (Å²) in [6.07, 6.45) is 13.7. The van der Waals surface area contributed by atoms with Crippen molar-refractivity contribution in [3.63, 3.8) is 0 Å². The minimum atomic E-state index is 0.562. The monoisotopic (exact) mass is 253 g/mol. The molecule has 2 heteroatoms. The quantitative estimate of drug-likeness (QED) is 0.582. The zero-order valence-corrected chi connectivity index (χ0v) is 12.3. The van der Waals surface area contributed by atoms with Crippen LogP contribution in [0.3, 0.4) is 0 Å². The fourth-order valence-electron chi connectivity index (χ4n) is 2.53. The van der Waals surface area contributed by atoms with Crippen molar-refractivity contribution in [1.82, 2.24) is 5.32 Å². The first kappa shape index (κ1) is 15.6. The van der Waals surface area contributed by atoms with Gasteiger partial charge < -0.3 is 10.1 Å². The maximum absolute atomic E-state index is 5.49. The minimum absolute atomic E-state index is 0.562. The Kier molecular flexibility index (Phi) is 9.01. The Morgan fingerprint density at radius 1 is 1.17 bits per heavy atom. The zero-order chi connectivity index (χ0) is 13.1. The molecule has 1 heterocycles. The second kappa shape index (κ2) is 10.4. The van der Waals surface area contributed by atoms with Crippen molar-refractivity contribution < 1.29 is 4.74 Å². The Balaban J connectivity index is 2.28. The first-order valence-electron chi connectivity index (χ1n) is 7.92. The summed E-state index contributed by atoms with van der Waals surface area (Å²) in [6, 6.07) is 0.562. The fourth-order valence-corrected chi connectivity index (χ4v) is 2.53. The molecule has 0 spiro atoms. The maximum Gasteiger partial charge on any atom is 0.0876 e. The number of nitrogens with one attached hydrogen (secondary N) is 1. The largest absolute Gasteiger partial charge is 0.501 e. The molecule has 2 nitrogen and oxygen atoms in total. The summed E-state index contributed by atoms with van der Waals surface area (Å²) in [5.74, 6) is 0. The van der Waals surface area contributed by atoms with Gasteiger partial charge in [0.15, 0.2) is 0 Å². The summed E-state index contributed by atoms with van der Waals surface area (Å²) in [5.41, 5.74) is 1.49. The highest BCUT2D eigenvalue weighted by Gasteiger charge is 2.15. The third-order valence-electron chi connectivity index (χ3n) is 3.65. The molecule has 1 N–H and O–H groups in total. The lowest BCUT2D eigenvalue weighted by atomic mass is 9.96. The first-order valence-corrected chi connectivity index (χ1v) is 7.92. The van der Waals surface area contributed by atoms with Gasteiger partial charge in [0.05, 0.1) is 12.9 Å². The first-order chi connectivity index (χ1) is 8.88. The van der Waals surface area contributed by atoms with Gasteiger partial charge in [-0.25, -0.2) is 0 Å². The molecule has 1 aliphatic heterocycles. The van der Waals surface area contributed by atoms with E-state index in [1.165, 1.54) is 63.4 Å². The topological polar surface area (TPSA) is 21.3 Å². The second-order valence-corrected chi connectivity index (χ2v) is 5.38. The number of hydrogen-bond acceptors (Lipinski definition) is 2. The summed E-state index contributed by atoms with van der Waals surface area (Å²) in [6.45, 7) is 6.53. The van der Waals surface area contributed by atoms with Crippen molar-refractivity contribution in [3.8, 4) is 0 Å². The van der Waals surface area contributed by atoms with Crippen LogP contribution in [0.2, 0.25) is 0 Å². The summed E-state index contributed by atoms with van der Waals surface area (Å²) in [4.78, 5) is 0. The standard InChI is InChI=1S/C16H31NO/c1-3-5-6-7-8-11-16(17-12-4-2)15-10-9-13-18-14-15/h14,16-17H,3-13H2,1-2H3. The average Bonchev–Trinajstić information content (AvgIpc) is 2.43. The molecule has 0 aromatic carbocycles. The number of hydrogen-bond donors (Lipinski definition) is 1. The van der Waals surface area contributed by atoms with Gasteiger partial charge in [0.1, 0.15) is 0 Å². The molecule has 106 valence electrons. The SMILES string of the molecule is CCCCCCCC(NCCC)C1=COCCC1. The lowest BCUT2D eigenvalue weighted by Crippen LogP contribution is -2.32. The Hall–Kier alpha value is -0.500. The van der Waals surface area contributed by atoms with Crippen LogP contribution in [0.1, 0.15) is 71.6 Å². The van der Waals surface area contributed by atoms with Crippen LogP contribution in [0.15, 0.2) is 11.8 Å². The number of ether oxygens (including phenoxy) is 1. The number of unbranched alkanes of at least 4 members (excludes halogenated alkanes) is 4. The molecule has 1 atom stereocenters. The minimum Gasteiger partial charge on any atom is -0.501 e. The fraction of sp³-hybridized carbons (Fsp3) is 0.875. The van der Waals surface area contributed by atoms with Crippen LogP contribution in [-0.4, -0.2) is 19.2 Å². The van der Waals surface area contributed by atoms with Crippen LogP contribution in [0.4, 0.5) is 0 Å². The molecule has 0 bridgehead atoms. The smallest absolute Gasteiger partial charge is 0.0876 e.